The summed E-state index contributed by atoms with van der Waals surface area (Å²) < 4.78 is 1.66. The molecule has 0 aliphatic heterocycles. The fourth-order valence-corrected chi connectivity index (χ4v) is 2.22. The van der Waals surface area contributed by atoms with Gasteiger partial charge in [0.15, 0.2) is 0 Å². The molecule has 0 spiro atoms. The van der Waals surface area contributed by atoms with Gasteiger partial charge in [-0.1, -0.05) is 17.7 Å². The van der Waals surface area contributed by atoms with Crippen molar-refractivity contribution in [1.29, 1.82) is 5.26 Å². The van der Waals surface area contributed by atoms with Crippen molar-refractivity contribution in [2.75, 3.05) is 0 Å². The van der Waals surface area contributed by atoms with Crippen molar-refractivity contribution >= 4 is 11.6 Å². The molecule has 3 rings (SSSR count). The largest absolute Gasteiger partial charge is 0.310 e. The van der Waals surface area contributed by atoms with Crippen LogP contribution >= 0.6 is 11.6 Å². The minimum atomic E-state index is 0.605. The molecule has 0 saturated heterocycles. The Morgan fingerprint density at radius 2 is 2.30 bits per heavy atom. The van der Waals surface area contributed by atoms with E-state index in [1.807, 2.05) is 25.1 Å². The van der Waals surface area contributed by atoms with E-state index in [0.717, 1.165) is 23.5 Å². The Bertz CT molecular complexity index is 660. The van der Waals surface area contributed by atoms with E-state index in [1.165, 1.54) is 12.8 Å². The van der Waals surface area contributed by atoms with Crippen LogP contribution in [0.2, 0.25) is 5.02 Å². The SMILES string of the molecule is Cc1nn(-c2ccc(CNC3CC3)cc2C#N)cc1Cl. The molecule has 5 heteroatoms. The number of rotatable bonds is 4. The van der Waals surface area contributed by atoms with Crippen LogP contribution in [-0.2, 0) is 6.54 Å². The van der Waals surface area contributed by atoms with Crippen LogP contribution < -0.4 is 5.32 Å². The second-order valence-corrected chi connectivity index (χ2v) is 5.53. The molecule has 1 fully saturated rings. The standard InChI is InChI=1S/C15H15ClN4/c1-10-14(16)9-20(19-10)15-5-2-11(6-12(15)7-17)8-18-13-3-4-13/h2,5-6,9,13,18H,3-4,8H2,1H3. The smallest absolute Gasteiger partial charge is 0.101 e. The van der Waals surface area contributed by atoms with E-state index in [1.54, 1.807) is 10.9 Å². The topological polar surface area (TPSA) is 53.6 Å². The predicted octanol–water partition coefficient (Wildman–Crippen LogP) is 2.96. The molecule has 1 aromatic heterocycles. The highest BCUT2D eigenvalue weighted by molar-refractivity contribution is 6.31. The van der Waals surface area contributed by atoms with Gasteiger partial charge in [0.25, 0.3) is 0 Å². The van der Waals surface area contributed by atoms with Gasteiger partial charge in [-0.25, -0.2) is 4.68 Å². The number of nitrogens with one attached hydrogen (secondary N) is 1. The summed E-state index contributed by atoms with van der Waals surface area (Å²) in [5.74, 6) is 0. The monoisotopic (exact) mass is 286 g/mol. The van der Waals surface area contributed by atoms with Crippen LogP contribution in [0.15, 0.2) is 24.4 Å². The first-order valence-electron chi connectivity index (χ1n) is 6.66. The third-order valence-corrected chi connectivity index (χ3v) is 3.81. The van der Waals surface area contributed by atoms with Crippen LogP contribution in [0.1, 0.15) is 29.7 Å². The summed E-state index contributed by atoms with van der Waals surface area (Å²) in [6.07, 6.45) is 4.25. The fraction of sp³-hybridized carbons (Fsp3) is 0.333. The Morgan fingerprint density at radius 3 is 2.90 bits per heavy atom. The van der Waals surface area contributed by atoms with E-state index in [-0.39, 0.29) is 0 Å². The third kappa shape index (κ3) is 2.69. The second-order valence-electron chi connectivity index (χ2n) is 5.13. The van der Waals surface area contributed by atoms with Gasteiger partial charge >= 0.3 is 0 Å². The fourth-order valence-electron chi connectivity index (χ4n) is 2.09. The number of nitriles is 1. The van der Waals surface area contributed by atoms with Gasteiger partial charge in [-0.05, 0) is 37.5 Å². The van der Waals surface area contributed by atoms with E-state index in [9.17, 15) is 5.26 Å². The molecular weight excluding hydrogens is 272 g/mol. The van der Waals surface area contributed by atoms with Gasteiger partial charge in [0.05, 0.1) is 22.0 Å². The van der Waals surface area contributed by atoms with Crippen molar-refractivity contribution in [3.05, 3.63) is 46.2 Å². The number of benzene rings is 1. The molecule has 2 aromatic rings. The lowest BCUT2D eigenvalue weighted by atomic mass is 10.1. The van der Waals surface area contributed by atoms with Crippen LogP contribution in [0.25, 0.3) is 5.69 Å². The van der Waals surface area contributed by atoms with Crippen molar-refractivity contribution in [2.45, 2.75) is 32.4 Å². The van der Waals surface area contributed by atoms with Crippen LogP contribution in [0.4, 0.5) is 0 Å². The summed E-state index contributed by atoms with van der Waals surface area (Å²) in [5.41, 5.74) is 3.25. The molecule has 0 radical (unpaired) electrons. The van der Waals surface area contributed by atoms with Crippen molar-refractivity contribution in [1.82, 2.24) is 15.1 Å². The van der Waals surface area contributed by atoms with Gasteiger partial charge < -0.3 is 5.32 Å². The molecule has 1 aromatic carbocycles. The minimum Gasteiger partial charge on any atom is -0.310 e. The quantitative estimate of drug-likeness (QED) is 0.940. The summed E-state index contributed by atoms with van der Waals surface area (Å²) >= 11 is 6.02. The molecule has 1 aliphatic carbocycles. The molecule has 1 aliphatic rings. The van der Waals surface area contributed by atoms with E-state index in [2.05, 4.69) is 16.5 Å². The van der Waals surface area contributed by atoms with Crippen molar-refractivity contribution in [3.63, 3.8) is 0 Å². The molecular formula is C15H15ClN4. The Hall–Kier alpha value is -1.83. The van der Waals surface area contributed by atoms with Gasteiger partial charge in [0.2, 0.25) is 0 Å². The number of aryl methyl sites for hydroxylation is 1. The van der Waals surface area contributed by atoms with Crippen molar-refractivity contribution in [2.24, 2.45) is 0 Å². The highest BCUT2D eigenvalue weighted by Crippen LogP contribution is 2.22. The van der Waals surface area contributed by atoms with E-state index >= 15 is 0 Å². The predicted molar refractivity (Wildman–Crippen MR) is 77.9 cm³/mol. The lowest BCUT2D eigenvalue weighted by Gasteiger charge is -2.08. The minimum absolute atomic E-state index is 0.605. The summed E-state index contributed by atoms with van der Waals surface area (Å²) in [7, 11) is 0. The Labute approximate surface area is 123 Å². The average molecular weight is 287 g/mol. The van der Waals surface area contributed by atoms with Gasteiger partial charge in [-0.2, -0.15) is 10.4 Å². The first-order chi connectivity index (χ1) is 9.67. The first kappa shape index (κ1) is 13.2. The normalized spacial score (nSPS) is 14.2. The molecule has 1 heterocycles. The van der Waals surface area contributed by atoms with Crippen LogP contribution in [-0.4, -0.2) is 15.8 Å². The Morgan fingerprint density at radius 1 is 1.50 bits per heavy atom. The van der Waals surface area contributed by atoms with Crippen LogP contribution in [0, 0.1) is 18.3 Å². The van der Waals surface area contributed by atoms with E-state index in [0.29, 0.717) is 16.6 Å². The highest BCUT2D eigenvalue weighted by atomic mass is 35.5. The van der Waals surface area contributed by atoms with Gasteiger partial charge in [0, 0.05) is 18.8 Å². The maximum Gasteiger partial charge on any atom is 0.101 e. The molecule has 4 nitrogen and oxygen atoms in total. The van der Waals surface area contributed by atoms with E-state index < -0.39 is 0 Å². The molecule has 0 bridgehead atoms. The second kappa shape index (κ2) is 5.28. The number of hydrogen-bond acceptors (Lipinski definition) is 3. The number of nitrogens with zero attached hydrogens (tertiary/aromatic N) is 3. The molecule has 1 saturated carbocycles. The number of halogens is 1. The lowest BCUT2D eigenvalue weighted by molar-refractivity contribution is 0.687. The average Bonchev–Trinajstić information content (AvgIpc) is 3.22. The Balaban J connectivity index is 1.88. The maximum absolute atomic E-state index is 9.33. The molecule has 102 valence electrons. The first-order valence-corrected chi connectivity index (χ1v) is 7.03. The molecule has 0 unspecified atom stereocenters. The van der Waals surface area contributed by atoms with Gasteiger partial charge in [-0.15, -0.1) is 0 Å². The zero-order chi connectivity index (χ0) is 14.1. The summed E-state index contributed by atoms with van der Waals surface area (Å²) in [4.78, 5) is 0. The van der Waals surface area contributed by atoms with Gasteiger partial charge in [-0.3, -0.25) is 0 Å². The molecule has 1 N–H and O–H groups in total. The summed E-state index contributed by atoms with van der Waals surface area (Å²) in [5, 5.41) is 17.7. The van der Waals surface area contributed by atoms with Crippen LogP contribution in [0.3, 0.4) is 0 Å². The zero-order valence-electron chi connectivity index (χ0n) is 11.2. The Kier molecular flexibility index (Phi) is 3.47. The number of aromatic nitrogens is 2. The van der Waals surface area contributed by atoms with Crippen molar-refractivity contribution < 1.29 is 0 Å². The third-order valence-electron chi connectivity index (χ3n) is 3.44. The van der Waals surface area contributed by atoms with E-state index in [4.69, 9.17) is 11.6 Å². The van der Waals surface area contributed by atoms with Crippen molar-refractivity contribution in [3.8, 4) is 11.8 Å². The van der Waals surface area contributed by atoms with Gasteiger partial charge in [0.1, 0.15) is 6.07 Å². The zero-order valence-corrected chi connectivity index (χ0v) is 12.0. The molecule has 0 amide bonds. The highest BCUT2D eigenvalue weighted by Gasteiger charge is 2.20. The maximum atomic E-state index is 9.33. The molecule has 20 heavy (non-hydrogen) atoms. The summed E-state index contributed by atoms with van der Waals surface area (Å²) in [6.45, 7) is 2.65. The lowest BCUT2D eigenvalue weighted by Crippen LogP contribution is -2.15. The molecule has 0 atom stereocenters. The number of hydrogen-bond donors (Lipinski definition) is 1. The summed E-state index contributed by atoms with van der Waals surface area (Å²) in [6, 6.07) is 8.75. The van der Waals surface area contributed by atoms with Crippen LogP contribution in [0.5, 0.6) is 0 Å².